The van der Waals surface area contributed by atoms with E-state index in [2.05, 4.69) is 36.5 Å². The molecule has 2 heteroatoms. The molecule has 0 bridgehead atoms. The maximum atomic E-state index is 9.34. The van der Waals surface area contributed by atoms with Gasteiger partial charge < -0.3 is 10.4 Å². The third-order valence-corrected chi connectivity index (χ3v) is 3.00. The van der Waals surface area contributed by atoms with E-state index in [1.54, 1.807) is 0 Å². The minimum Gasteiger partial charge on any atom is -0.396 e. The quantitative estimate of drug-likeness (QED) is 0.768. The van der Waals surface area contributed by atoms with Crippen molar-refractivity contribution in [3.8, 4) is 0 Å². The first-order valence-electron chi connectivity index (χ1n) is 5.70. The molecular weight excluding hydrogens is 186 g/mol. The number of hydrogen-bond donors (Lipinski definition) is 2. The summed E-state index contributed by atoms with van der Waals surface area (Å²) in [4.78, 5) is 0. The van der Waals surface area contributed by atoms with E-state index in [9.17, 15) is 5.11 Å². The van der Waals surface area contributed by atoms with Crippen molar-refractivity contribution >= 4 is 0 Å². The molecule has 15 heavy (non-hydrogen) atoms. The molecule has 2 N–H and O–H groups in total. The first-order chi connectivity index (χ1) is 7.29. The molecule has 1 aliphatic carbocycles. The molecule has 2 rings (SSSR count). The summed E-state index contributed by atoms with van der Waals surface area (Å²) in [6, 6.07) is 9.16. The molecule has 1 aliphatic rings. The second-order valence-electron chi connectivity index (χ2n) is 4.47. The summed E-state index contributed by atoms with van der Waals surface area (Å²) < 4.78 is 0. The Bertz CT molecular complexity index is 303. The third kappa shape index (κ3) is 3.05. The first kappa shape index (κ1) is 10.7. The second kappa shape index (κ2) is 4.77. The summed E-state index contributed by atoms with van der Waals surface area (Å²) in [7, 11) is 0. The normalized spacial score (nSPS) is 17.7. The Labute approximate surface area is 91.3 Å². The zero-order chi connectivity index (χ0) is 10.7. The van der Waals surface area contributed by atoms with Crippen molar-refractivity contribution < 1.29 is 5.11 Å². The van der Waals surface area contributed by atoms with Crippen molar-refractivity contribution in [3.05, 3.63) is 35.4 Å². The van der Waals surface area contributed by atoms with Crippen molar-refractivity contribution in [2.24, 2.45) is 0 Å². The van der Waals surface area contributed by atoms with E-state index in [1.165, 1.54) is 24.0 Å². The molecule has 1 unspecified atom stereocenters. The standard InChI is InChI=1S/C13H19NO/c1-10-2-4-11(5-3-10)12(9-15)8-14-13-6-7-13/h2-5,12-15H,6-9H2,1H3. The number of rotatable bonds is 5. The van der Waals surface area contributed by atoms with Gasteiger partial charge in [0.05, 0.1) is 6.61 Å². The van der Waals surface area contributed by atoms with Crippen molar-refractivity contribution in [2.45, 2.75) is 31.7 Å². The second-order valence-corrected chi connectivity index (χ2v) is 4.47. The molecule has 1 aromatic rings. The van der Waals surface area contributed by atoms with Crippen LogP contribution in [0.15, 0.2) is 24.3 Å². The van der Waals surface area contributed by atoms with Gasteiger partial charge in [-0.3, -0.25) is 0 Å². The smallest absolute Gasteiger partial charge is 0.0511 e. The minimum atomic E-state index is 0.225. The summed E-state index contributed by atoms with van der Waals surface area (Å²) >= 11 is 0. The summed E-state index contributed by atoms with van der Waals surface area (Å²) in [5.74, 6) is 0.242. The van der Waals surface area contributed by atoms with E-state index in [-0.39, 0.29) is 12.5 Å². The SMILES string of the molecule is Cc1ccc(C(CO)CNC2CC2)cc1. The summed E-state index contributed by atoms with van der Waals surface area (Å²) in [6.45, 7) is 3.20. The van der Waals surface area contributed by atoms with Gasteiger partial charge in [0, 0.05) is 18.5 Å². The fourth-order valence-corrected chi connectivity index (χ4v) is 1.72. The molecule has 82 valence electrons. The van der Waals surface area contributed by atoms with Gasteiger partial charge >= 0.3 is 0 Å². The molecule has 0 amide bonds. The van der Waals surface area contributed by atoms with Gasteiger partial charge in [0.1, 0.15) is 0 Å². The Morgan fingerprint density at radius 1 is 1.33 bits per heavy atom. The van der Waals surface area contributed by atoms with Crippen LogP contribution in [0.25, 0.3) is 0 Å². The molecule has 2 nitrogen and oxygen atoms in total. The van der Waals surface area contributed by atoms with Gasteiger partial charge in [0.15, 0.2) is 0 Å². The lowest BCUT2D eigenvalue weighted by Crippen LogP contribution is -2.25. The van der Waals surface area contributed by atoms with Crippen LogP contribution in [0.1, 0.15) is 29.9 Å². The lowest BCUT2D eigenvalue weighted by Gasteiger charge is -2.15. The fraction of sp³-hybridized carbons (Fsp3) is 0.538. The molecule has 1 saturated carbocycles. The van der Waals surface area contributed by atoms with Gasteiger partial charge in [-0.05, 0) is 25.3 Å². The Balaban J connectivity index is 1.94. The monoisotopic (exact) mass is 205 g/mol. The predicted molar refractivity (Wildman–Crippen MR) is 62.0 cm³/mol. The Kier molecular flexibility index (Phi) is 3.39. The summed E-state index contributed by atoms with van der Waals surface area (Å²) in [5, 5.41) is 12.8. The van der Waals surface area contributed by atoms with Gasteiger partial charge in [-0.15, -0.1) is 0 Å². The van der Waals surface area contributed by atoms with Crippen LogP contribution < -0.4 is 5.32 Å². The summed E-state index contributed by atoms with van der Waals surface area (Å²) in [6.07, 6.45) is 2.60. The average Bonchev–Trinajstić information content (AvgIpc) is 3.05. The van der Waals surface area contributed by atoms with Crippen LogP contribution >= 0.6 is 0 Å². The van der Waals surface area contributed by atoms with E-state index in [1.807, 2.05) is 0 Å². The van der Waals surface area contributed by atoms with Crippen LogP contribution in [0, 0.1) is 6.92 Å². The van der Waals surface area contributed by atoms with Crippen LogP contribution in [-0.2, 0) is 0 Å². The van der Waals surface area contributed by atoms with E-state index in [0.717, 1.165) is 6.54 Å². The number of benzene rings is 1. The topological polar surface area (TPSA) is 32.3 Å². The van der Waals surface area contributed by atoms with Crippen LogP contribution in [0.4, 0.5) is 0 Å². The van der Waals surface area contributed by atoms with Crippen LogP contribution in [0.5, 0.6) is 0 Å². The number of nitrogens with one attached hydrogen (secondary N) is 1. The number of aliphatic hydroxyl groups excluding tert-OH is 1. The highest BCUT2D eigenvalue weighted by Gasteiger charge is 2.22. The van der Waals surface area contributed by atoms with Gasteiger partial charge in [0.2, 0.25) is 0 Å². The largest absolute Gasteiger partial charge is 0.396 e. The first-order valence-corrected chi connectivity index (χ1v) is 5.70. The highest BCUT2D eigenvalue weighted by Crippen LogP contribution is 2.21. The van der Waals surface area contributed by atoms with E-state index < -0.39 is 0 Å². The zero-order valence-electron chi connectivity index (χ0n) is 9.24. The molecule has 0 radical (unpaired) electrons. The lowest BCUT2D eigenvalue weighted by atomic mass is 9.99. The number of aliphatic hydroxyl groups is 1. The molecular formula is C13H19NO. The van der Waals surface area contributed by atoms with Gasteiger partial charge in [-0.2, -0.15) is 0 Å². The molecule has 0 heterocycles. The van der Waals surface area contributed by atoms with Gasteiger partial charge in [-0.1, -0.05) is 29.8 Å². The predicted octanol–water partition coefficient (Wildman–Crippen LogP) is 1.82. The highest BCUT2D eigenvalue weighted by atomic mass is 16.3. The van der Waals surface area contributed by atoms with Crippen molar-refractivity contribution in [1.29, 1.82) is 0 Å². The molecule has 1 atom stereocenters. The van der Waals surface area contributed by atoms with E-state index in [0.29, 0.717) is 6.04 Å². The van der Waals surface area contributed by atoms with Crippen molar-refractivity contribution in [2.75, 3.05) is 13.2 Å². The van der Waals surface area contributed by atoms with E-state index in [4.69, 9.17) is 0 Å². The molecule has 1 fully saturated rings. The Morgan fingerprint density at radius 2 is 2.00 bits per heavy atom. The maximum Gasteiger partial charge on any atom is 0.0511 e. The maximum absolute atomic E-state index is 9.34. The summed E-state index contributed by atoms with van der Waals surface area (Å²) in [5.41, 5.74) is 2.50. The molecule has 0 aliphatic heterocycles. The van der Waals surface area contributed by atoms with Crippen molar-refractivity contribution in [1.82, 2.24) is 5.32 Å². The van der Waals surface area contributed by atoms with Crippen LogP contribution in [-0.4, -0.2) is 24.3 Å². The highest BCUT2D eigenvalue weighted by molar-refractivity contribution is 5.24. The Hall–Kier alpha value is -0.860. The van der Waals surface area contributed by atoms with Crippen LogP contribution in [0.3, 0.4) is 0 Å². The fourth-order valence-electron chi connectivity index (χ4n) is 1.72. The van der Waals surface area contributed by atoms with Gasteiger partial charge in [-0.25, -0.2) is 0 Å². The molecule has 0 saturated heterocycles. The minimum absolute atomic E-state index is 0.225. The van der Waals surface area contributed by atoms with Gasteiger partial charge in [0.25, 0.3) is 0 Å². The van der Waals surface area contributed by atoms with E-state index >= 15 is 0 Å². The number of aryl methyl sites for hydroxylation is 1. The Morgan fingerprint density at radius 3 is 2.53 bits per heavy atom. The zero-order valence-corrected chi connectivity index (χ0v) is 9.24. The third-order valence-electron chi connectivity index (χ3n) is 3.00. The van der Waals surface area contributed by atoms with Crippen LogP contribution in [0.2, 0.25) is 0 Å². The lowest BCUT2D eigenvalue weighted by molar-refractivity contribution is 0.261. The average molecular weight is 205 g/mol. The van der Waals surface area contributed by atoms with Crippen molar-refractivity contribution in [3.63, 3.8) is 0 Å². The number of hydrogen-bond acceptors (Lipinski definition) is 2. The molecule has 0 aromatic heterocycles. The molecule has 1 aromatic carbocycles. The molecule has 0 spiro atoms.